The summed E-state index contributed by atoms with van der Waals surface area (Å²) in [6, 6.07) is 0. The van der Waals surface area contributed by atoms with Crippen LogP contribution < -0.4 is 0 Å². The zero-order valence-electron chi connectivity index (χ0n) is 9.55. The predicted octanol–water partition coefficient (Wildman–Crippen LogP) is 1.95. The first kappa shape index (κ1) is 14.7. The number of carbonyl (C=O) groups excluding carboxylic acids is 1. The molecule has 0 bridgehead atoms. The number of esters is 1. The molecule has 0 unspecified atom stereocenters. The summed E-state index contributed by atoms with van der Waals surface area (Å²) < 4.78 is 15.6. The lowest BCUT2D eigenvalue weighted by atomic mass is 10.2. The van der Waals surface area contributed by atoms with Gasteiger partial charge in [-0.05, 0) is 20.8 Å². The molecule has 0 aliphatic carbocycles. The van der Waals surface area contributed by atoms with E-state index >= 15 is 0 Å². The van der Waals surface area contributed by atoms with Gasteiger partial charge in [0.2, 0.25) is 0 Å². The van der Waals surface area contributed by atoms with Gasteiger partial charge in [-0.15, -0.1) is 11.6 Å². The minimum atomic E-state index is -1.04. The highest BCUT2D eigenvalue weighted by molar-refractivity contribution is 6.18. The van der Waals surface area contributed by atoms with Crippen molar-refractivity contribution >= 4 is 17.6 Å². The Morgan fingerprint density at radius 2 is 1.67 bits per heavy atom. The van der Waals surface area contributed by atoms with Crippen LogP contribution in [0.25, 0.3) is 0 Å². The minimum absolute atomic E-state index is 0.0199. The largest absolute Gasteiger partial charge is 0.466 e. The second-order valence-electron chi connectivity index (χ2n) is 2.89. The van der Waals surface area contributed by atoms with Crippen LogP contribution >= 0.6 is 11.6 Å². The van der Waals surface area contributed by atoms with Gasteiger partial charge in [0.25, 0.3) is 0 Å². The molecule has 0 spiro atoms. The fourth-order valence-corrected chi connectivity index (χ4v) is 1.47. The summed E-state index contributed by atoms with van der Waals surface area (Å²) in [5.41, 5.74) is 0. The van der Waals surface area contributed by atoms with Crippen LogP contribution in [0.4, 0.5) is 0 Å². The molecule has 0 fully saturated rings. The Labute approximate surface area is 95.8 Å². The molecular weight excluding hydrogens is 220 g/mol. The number of carbonyl (C=O) groups is 1. The fourth-order valence-electron chi connectivity index (χ4n) is 1.23. The lowest BCUT2D eigenvalue weighted by Crippen LogP contribution is -2.41. The van der Waals surface area contributed by atoms with Crippen molar-refractivity contribution in [2.24, 2.45) is 0 Å². The van der Waals surface area contributed by atoms with Crippen LogP contribution in [-0.2, 0) is 19.0 Å². The highest BCUT2D eigenvalue weighted by atomic mass is 35.5. The van der Waals surface area contributed by atoms with E-state index in [1.54, 1.807) is 6.92 Å². The molecule has 0 heterocycles. The summed E-state index contributed by atoms with van der Waals surface area (Å²) in [5.74, 6) is -1.30. The molecule has 0 saturated carbocycles. The van der Waals surface area contributed by atoms with E-state index < -0.39 is 5.79 Å². The maximum Gasteiger partial charge on any atom is 0.311 e. The maximum atomic E-state index is 11.3. The summed E-state index contributed by atoms with van der Waals surface area (Å²) >= 11 is 5.77. The highest BCUT2D eigenvalue weighted by Crippen LogP contribution is 2.21. The first-order chi connectivity index (χ1) is 7.14. The van der Waals surface area contributed by atoms with E-state index in [2.05, 4.69) is 0 Å². The van der Waals surface area contributed by atoms with Gasteiger partial charge in [-0.1, -0.05) is 0 Å². The van der Waals surface area contributed by atoms with Crippen LogP contribution in [0.3, 0.4) is 0 Å². The quantitative estimate of drug-likeness (QED) is 0.368. The number of halogens is 1. The molecule has 90 valence electrons. The van der Waals surface area contributed by atoms with Gasteiger partial charge >= 0.3 is 5.97 Å². The van der Waals surface area contributed by atoms with Crippen molar-refractivity contribution in [1.82, 2.24) is 0 Å². The molecule has 0 aliphatic rings. The van der Waals surface area contributed by atoms with E-state index in [4.69, 9.17) is 25.8 Å². The average Bonchev–Trinajstić information content (AvgIpc) is 2.18. The van der Waals surface area contributed by atoms with Gasteiger partial charge in [0.1, 0.15) is 6.42 Å². The summed E-state index contributed by atoms with van der Waals surface area (Å²) in [6.45, 7) is 6.62. The fraction of sp³-hybridized carbons (Fsp3) is 0.900. The number of alkyl halides is 1. The van der Waals surface area contributed by atoms with Crippen molar-refractivity contribution in [1.29, 1.82) is 0 Å². The van der Waals surface area contributed by atoms with E-state index in [-0.39, 0.29) is 18.3 Å². The topological polar surface area (TPSA) is 44.8 Å². The molecule has 0 amide bonds. The summed E-state index contributed by atoms with van der Waals surface area (Å²) in [6.07, 6.45) is 0.0199. The Hall–Kier alpha value is -0.320. The number of hydrogen-bond donors (Lipinski definition) is 0. The van der Waals surface area contributed by atoms with Gasteiger partial charge < -0.3 is 14.2 Å². The SMILES string of the molecule is CCOC(=O)CC(CCl)(OCC)OCC. The maximum absolute atomic E-state index is 11.3. The number of hydrogen-bond acceptors (Lipinski definition) is 4. The molecule has 0 aromatic carbocycles. The monoisotopic (exact) mass is 238 g/mol. The third-order valence-electron chi connectivity index (χ3n) is 1.74. The minimum Gasteiger partial charge on any atom is -0.466 e. The Balaban J connectivity index is 4.38. The molecule has 5 heteroatoms. The van der Waals surface area contributed by atoms with Gasteiger partial charge in [-0.3, -0.25) is 4.79 Å². The van der Waals surface area contributed by atoms with Crippen LogP contribution in [0, 0.1) is 0 Å². The standard InChI is InChI=1S/C10H19ClO4/c1-4-13-9(12)7-10(8-11,14-5-2)15-6-3/h4-8H2,1-3H3. The molecule has 0 radical (unpaired) electrons. The summed E-state index contributed by atoms with van der Waals surface area (Å²) in [4.78, 5) is 11.3. The molecule has 0 rings (SSSR count). The van der Waals surface area contributed by atoms with Crippen molar-refractivity contribution in [3.63, 3.8) is 0 Å². The van der Waals surface area contributed by atoms with Crippen molar-refractivity contribution in [2.45, 2.75) is 33.0 Å². The van der Waals surface area contributed by atoms with E-state index in [0.29, 0.717) is 19.8 Å². The van der Waals surface area contributed by atoms with E-state index in [1.807, 2.05) is 13.8 Å². The van der Waals surface area contributed by atoms with Gasteiger partial charge in [-0.25, -0.2) is 0 Å². The van der Waals surface area contributed by atoms with Gasteiger partial charge in [0, 0.05) is 13.2 Å². The molecule has 0 N–H and O–H groups in total. The third-order valence-corrected chi connectivity index (χ3v) is 2.14. The van der Waals surface area contributed by atoms with Gasteiger partial charge in [0.05, 0.1) is 12.5 Å². The Kier molecular flexibility index (Phi) is 7.74. The Morgan fingerprint density at radius 1 is 1.13 bits per heavy atom. The lowest BCUT2D eigenvalue weighted by Gasteiger charge is -2.30. The van der Waals surface area contributed by atoms with E-state index in [0.717, 1.165) is 0 Å². The van der Waals surface area contributed by atoms with Gasteiger partial charge in [0.15, 0.2) is 5.79 Å². The molecule has 4 nitrogen and oxygen atoms in total. The highest BCUT2D eigenvalue weighted by Gasteiger charge is 2.34. The van der Waals surface area contributed by atoms with Crippen molar-refractivity contribution in [3.05, 3.63) is 0 Å². The summed E-state index contributed by atoms with van der Waals surface area (Å²) in [5, 5.41) is 0. The molecule has 0 aromatic heterocycles. The van der Waals surface area contributed by atoms with E-state index in [9.17, 15) is 4.79 Å². The zero-order valence-corrected chi connectivity index (χ0v) is 10.3. The molecule has 0 aliphatic heterocycles. The summed E-state index contributed by atoms with van der Waals surface area (Å²) in [7, 11) is 0. The lowest BCUT2D eigenvalue weighted by molar-refractivity contribution is -0.225. The van der Waals surface area contributed by atoms with Crippen molar-refractivity contribution < 1.29 is 19.0 Å². The second kappa shape index (κ2) is 7.91. The van der Waals surface area contributed by atoms with Crippen LogP contribution in [0.1, 0.15) is 27.2 Å². The smallest absolute Gasteiger partial charge is 0.311 e. The molecule has 15 heavy (non-hydrogen) atoms. The number of rotatable bonds is 8. The Bertz CT molecular complexity index is 178. The van der Waals surface area contributed by atoms with Crippen molar-refractivity contribution in [2.75, 3.05) is 25.7 Å². The molecular formula is C10H19ClO4. The zero-order chi connectivity index (χ0) is 11.7. The number of ether oxygens (including phenoxy) is 3. The van der Waals surface area contributed by atoms with Crippen LogP contribution in [0.2, 0.25) is 0 Å². The first-order valence-electron chi connectivity index (χ1n) is 5.13. The van der Waals surface area contributed by atoms with Crippen LogP contribution in [-0.4, -0.2) is 37.5 Å². The van der Waals surface area contributed by atoms with Crippen LogP contribution in [0.5, 0.6) is 0 Å². The van der Waals surface area contributed by atoms with Gasteiger partial charge in [-0.2, -0.15) is 0 Å². The molecule has 0 aromatic rings. The third kappa shape index (κ3) is 5.35. The van der Waals surface area contributed by atoms with Crippen LogP contribution in [0.15, 0.2) is 0 Å². The predicted molar refractivity (Wildman–Crippen MR) is 58.0 cm³/mol. The first-order valence-corrected chi connectivity index (χ1v) is 5.67. The average molecular weight is 239 g/mol. The normalized spacial score (nSPS) is 11.5. The molecule has 0 atom stereocenters. The van der Waals surface area contributed by atoms with Crippen molar-refractivity contribution in [3.8, 4) is 0 Å². The second-order valence-corrected chi connectivity index (χ2v) is 3.16. The molecule has 0 saturated heterocycles. The van der Waals surface area contributed by atoms with E-state index in [1.165, 1.54) is 0 Å². The Morgan fingerprint density at radius 3 is 2.00 bits per heavy atom.